The fraction of sp³-hybridized carbons (Fsp3) is 0.333. The largest absolute Gasteiger partial charge is 0.446 e. The van der Waals surface area contributed by atoms with Crippen LogP contribution in [-0.2, 0) is 4.79 Å². The van der Waals surface area contributed by atoms with Crippen molar-refractivity contribution in [1.82, 2.24) is 10.6 Å². The van der Waals surface area contributed by atoms with Crippen molar-refractivity contribution in [2.45, 2.75) is 16.6 Å². The molecule has 0 fully saturated rings. The third-order valence-electron chi connectivity index (χ3n) is 2.25. The molecule has 0 spiro atoms. The second-order valence-corrected chi connectivity index (χ2v) is 5.23. The highest BCUT2D eigenvalue weighted by Crippen LogP contribution is 2.38. The predicted molar refractivity (Wildman–Crippen MR) is 69.8 cm³/mol. The fourth-order valence-corrected chi connectivity index (χ4v) is 2.05. The zero-order valence-corrected chi connectivity index (χ0v) is 12.0. The van der Waals surface area contributed by atoms with Crippen molar-refractivity contribution in [2.75, 3.05) is 13.1 Å². The summed E-state index contributed by atoms with van der Waals surface area (Å²) in [5.41, 5.74) is -4.95. The van der Waals surface area contributed by atoms with Gasteiger partial charge >= 0.3 is 11.7 Å². The first-order chi connectivity index (χ1) is 10.5. The predicted octanol–water partition coefficient (Wildman–Crippen LogP) is 2.71. The Labute approximate surface area is 130 Å². The molecule has 1 rings (SSSR count). The molecular weight excluding hydrogens is 350 g/mol. The number of benzene rings is 1. The van der Waals surface area contributed by atoms with E-state index in [1.54, 1.807) is 0 Å². The van der Waals surface area contributed by atoms with Gasteiger partial charge in [0.15, 0.2) is 0 Å². The van der Waals surface area contributed by atoms with Crippen LogP contribution in [-0.4, -0.2) is 36.6 Å². The van der Waals surface area contributed by atoms with Crippen LogP contribution >= 0.6 is 11.8 Å². The molecule has 0 heterocycles. The van der Waals surface area contributed by atoms with Gasteiger partial charge in [0.2, 0.25) is 5.91 Å². The zero-order chi connectivity index (χ0) is 17.7. The van der Waals surface area contributed by atoms with Gasteiger partial charge in [-0.25, -0.2) is 0 Å². The van der Waals surface area contributed by atoms with Crippen LogP contribution in [0.3, 0.4) is 0 Å². The summed E-state index contributed by atoms with van der Waals surface area (Å²) in [4.78, 5) is 22.5. The Morgan fingerprint density at radius 3 is 2.17 bits per heavy atom. The van der Waals surface area contributed by atoms with E-state index in [-0.39, 0.29) is 10.5 Å². The second kappa shape index (κ2) is 7.57. The maximum atomic E-state index is 12.4. The number of carbonyl (C=O) groups excluding carboxylic acids is 2. The molecule has 1 aromatic carbocycles. The standard InChI is InChI=1S/C12H10F6N2O2S/c13-11(14,15)6-20-9(21)5-19-10(22)7-3-1-2-4-8(7)23-12(16,17)18/h1-4H,5-6H2,(H,19,22)(H,20,21). The van der Waals surface area contributed by atoms with Crippen LogP contribution in [0.2, 0.25) is 0 Å². The molecule has 23 heavy (non-hydrogen) atoms. The van der Waals surface area contributed by atoms with E-state index in [1.807, 2.05) is 5.32 Å². The van der Waals surface area contributed by atoms with Crippen LogP contribution in [0.15, 0.2) is 29.2 Å². The monoisotopic (exact) mass is 360 g/mol. The van der Waals surface area contributed by atoms with E-state index in [1.165, 1.54) is 17.4 Å². The summed E-state index contributed by atoms with van der Waals surface area (Å²) in [5.74, 6) is -2.11. The van der Waals surface area contributed by atoms with Crippen molar-refractivity contribution in [3.63, 3.8) is 0 Å². The number of amides is 2. The van der Waals surface area contributed by atoms with Gasteiger partial charge in [-0.2, -0.15) is 26.3 Å². The van der Waals surface area contributed by atoms with Gasteiger partial charge in [0.05, 0.1) is 12.1 Å². The van der Waals surface area contributed by atoms with Gasteiger partial charge in [-0.05, 0) is 23.9 Å². The average molecular weight is 360 g/mol. The first-order valence-corrected chi connectivity index (χ1v) is 6.76. The SMILES string of the molecule is O=C(CNC(=O)c1ccccc1SC(F)(F)F)NCC(F)(F)F. The number of thioether (sulfide) groups is 1. The number of halogens is 6. The summed E-state index contributed by atoms with van der Waals surface area (Å²) in [6.07, 6.45) is -4.60. The third-order valence-corrected chi connectivity index (χ3v) is 3.06. The van der Waals surface area contributed by atoms with Crippen molar-refractivity contribution >= 4 is 23.6 Å². The molecule has 11 heteroatoms. The minimum atomic E-state index is -4.61. The summed E-state index contributed by atoms with van der Waals surface area (Å²) in [5, 5.41) is 3.48. The summed E-state index contributed by atoms with van der Waals surface area (Å²) >= 11 is -0.507. The number of hydrogen-bond donors (Lipinski definition) is 2. The van der Waals surface area contributed by atoms with Gasteiger partial charge < -0.3 is 10.6 Å². The summed E-state index contributed by atoms with van der Waals surface area (Å²) in [6, 6.07) is 4.79. The molecule has 1 aromatic rings. The lowest BCUT2D eigenvalue weighted by molar-refractivity contribution is -0.137. The van der Waals surface area contributed by atoms with Crippen molar-refractivity contribution < 1.29 is 35.9 Å². The highest BCUT2D eigenvalue weighted by Gasteiger charge is 2.31. The molecule has 0 radical (unpaired) electrons. The molecule has 4 nitrogen and oxygen atoms in total. The molecule has 0 aliphatic heterocycles. The Hall–Kier alpha value is -1.91. The summed E-state index contributed by atoms with van der Waals surface area (Å²) < 4.78 is 72.8. The molecule has 2 N–H and O–H groups in total. The first-order valence-electron chi connectivity index (χ1n) is 5.94. The van der Waals surface area contributed by atoms with Crippen molar-refractivity contribution in [3.05, 3.63) is 29.8 Å². The molecule has 0 unspecified atom stereocenters. The van der Waals surface area contributed by atoms with E-state index in [9.17, 15) is 35.9 Å². The van der Waals surface area contributed by atoms with E-state index >= 15 is 0 Å². The Balaban J connectivity index is 2.63. The Kier molecular flexibility index (Phi) is 6.30. The molecule has 0 aliphatic carbocycles. The van der Waals surface area contributed by atoms with E-state index in [4.69, 9.17) is 0 Å². The van der Waals surface area contributed by atoms with Crippen LogP contribution < -0.4 is 10.6 Å². The highest BCUT2D eigenvalue weighted by atomic mass is 32.2. The molecule has 0 bridgehead atoms. The number of alkyl halides is 6. The van der Waals surface area contributed by atoms with Crippen LogP contribution in [0.25, 0.3) is 0 Å². The number of hydrogen-bond acceptors (Lipinski definition) is 3. The minimum absolute atomic E-state index is 0.335. The van der Waals surface area contributed by atoms with Gasteiger partial charge in [-0.15, -0.1) is 0 Å². The average Bonchev–Trinajstić information content (AvgIpc) is 2.40. The Morgan fingerprint density at radius 2 is 1.61 bits per heavy atom. The minimum Gasteiger partial charge on any atom is -0.345 e. The molecule has 0 aliphatic rings. The molecule has 2 amide bonds. The molecule has 0 atom stereocenters. The van der Waals surface area contributed by atoms with Gasteiger partial charge in [0.25, 0.3) is 5.91 Å². The van der Waals surface area contributed by atoms with Crippen molar-refractivity contribution in [1.29, 1.82) is 0 Å². The summed E-state index contributed by atoms with van der Waals surface area (Å²) in [6.45, 7) is -2.36. The first kappa shape index (κ1) is 19.1. The second-order valence-electron chi connectivity index (χ2n) is 4.12. The lowest BCUT2D eigenvalue weighted by Crippen LogP contribution is -2.41. The van der Waals surface area contributed by atoms with E-state index < -0.39 is 48.4 Å². The van der Waals surface area contributed by atoms with Crippen molar-refractivity contribution in [3.8, 4) is 0 Å². The van der Waals surface area contributed by atoms with Gasteiger partial charge in [0, 0.05) is 4.90 Å². The van der Waals surface area contributed by atoms with E-state index in [0.717, 1.165) is 12.1 Å². The summed E-state index contributed by atoms with van der Waals surface area (Å²) in [7, 11) is 0. The van der Waals surface area contributed by atoms with E-state index in [2.05, 4.69) is 0 Å². The van der Waals surface area contributed by atoms with Gasteiger partial charge in [-0.3, -0.25) is 9.59 Å². The van der Waals surface area contributed by atoms with Crippen LogP contribution in [0.1, 0.15) is 10.4 Å². The smallest absolute Gasteiger partial charge is 0.345 e. The van der Waals surface area contributed by atoms with Gasteiger partial charge in [0.1, 0.15) is 6.54 Å². The van der Waals surface area contributed by atoms with Crippen LogP contribution in [0, 0.1) is 0 Å². The van der Waals surface area contributed by atoms with Crippen LogP contribution in [0.5, 0.6) is 0 Å². The van der Waals surface area contributed by atoms with Gasteiger partial charge in [-0.1, -0.05) is 12.1 Å². The molecule has 0 saturated heterocycles. The fourth-order valence-electron chi connectivity index (χ4n) is 1.38. The molecular formula is C12H10F6N2O2S. The Morgan fingerprint density at radius 1 is 1.00 bits per heavy atom. The lowest BCUT2D eigenvalue weighted by atomic mass is 10.2. The topological polar surface area (TPSA) is 58.2 Å². The zero-order valence-electron chi connectivity index (χ0n) is 11.2. The van der Waals surface area contributed by atoms with Crippen LogP contribution in [0.4, 0.5) is 26.3 Å². The molecule has 0 saturated carbocycles. The number of nitrogens with one attached hydrogen (secondary N) is 2. The normalized spacial score (nSPS) is 11.9. The Bertz CT molecular complexity index is 573. The highest BCUT2D eigenvalue weighted by molar-refractivity contribution is 8.00. The van der Waals surface area contributed by atoms with Crippen molar-refractivity contribution in [2.24, 2.45) is 0 Å². The third kappa shape index (κ3) is 7.77. The maximum Gasteiger partial charge on any atom is 0.446 e. The number of carbonyl (C=O) groups is 2. The molecule has 128 valence electrons. The quantitative estimate of drug-likeness (QED) is 0.627. The van der Waals surface area contributed by atoms with E-state index in [0.29, 0.717) is 0 Å². The molecule has 0 aromatic heterocycles. The maximum absolute atomic E-state index is 12.4. The lowest BCUT2D eigenvalue weighted by Gasteiger charge is -2.12. The number of rotatable bonds is 5.